The van der Waals surface area contributed by atoms with Crippen molar-refractivity contribution in [3.8, 4) is 0 Å². The third-order valence-electron chi connectivity index (χ3n) is 5.23. The monoisotopic (exact) mass is 464 g/mol. The molecule has 164 valence electrons. The van der Waals surface area contributed by atoms with Gasteiger partial charge >= 0.3 is 5.97 Å². The minimum atomic E-state index is -1.41. The number of tetrazole rings is 1. The van der Waals surface area contributed by atoms with E-state index in [1.807, 2.05) is 0 Å². The van der Waals surface area contributed by atoms with Gasteiger partial charge < -0.3 is 20.4 Å². The van der Waals surface area contributed by atoms with Gasteiger partial charge in [-0.1, -0.05) is 42.1 Å². The molecule has 2 fully saturated rings. The van der Waals surface area contributed by atoms with E-state index in [2.05, 4.69) is 20.8 Å². The Labute approximate surface area is 185 Å². The van der Waals surface area contributed by atoms with Gasteiger partial charge in [0, 0.05) is 24.5 Å². The number of carboxylic acids is 1. The molecule has 2 unspecified atom stereocenters. The van der Waals surface area contributed by atoms with Gasteiger partial charge in [0.25, 0.3) is 5.91 Å². The van der Waals surface area contributed by atoms with Gasteiger partial charge in [-0.2, -0.15) is 0 Å². The number of carbonyl (C=O) groups excluding carboxylic acids is 2. The normalized spacial score (nSPS) is 26.0. The lowest BCUT2D eigenvalue weighted by Gasteiger charge is -2.54. The quantitative estimate of drug-likeness (QED) is 0.361. The summed E-state index contributed by atoms with van der Waals surface area (Å²) in [5.41, 5.74) is 0.415. The topological polar surface area (TPSA) is 151 Å². The Morgan fingerprint density at radius 1 is 1.35 bits per heavy atom. The average molecular weight is 465 g/mol. The standard InChI is InChI=1S/C18H20N6O5S2/c1-23-18(20-21-22-23)31-8-10-7-30-16-11(15(27)24(16)12(10)17(28)29)19-14(26)13(25)9-5-3-2-4-6-9/h2-6,10-13,16,25H,7-8H2,1H3,(H,19,26)(H,28,29)/t10?,11-,12?,13-,16-/m1/s1. The van der Waals surface area contributed by atoms with Crippen LogP contribution in [0.3, 0.4) is 0 Å². The number of nitrogens with one attached hydrogen (secondary N) is 1. The van der Waals surface area contributed by atoms with Crippen molar-refractivity contribution in [2.75, 3.05) is 11.5 Å². The summed E-state index contributed by atoms with van der Waals surface area (Å²) in [4.78, 5) is 38.5. The van der Waals surface area contributed by atoms with Crippen molar-refractivity contribution in [3.63, 3.8) is 0 Å². The molecule has 11 nitrogen and oxygen atoms in total. The number of aryl methyl sites for hydroxylation is 1. The number of carboxylic acid groups (broad SMARTS) is 1. The first-order valence-corrected chi connectivity index (χ1v) is 11.5. The van der Waals surface area contributed by atoms with Crippen LogP contribution >= 0.6 is 23.5 Å². The van der Waals surface area contributed by atoms with Crippen molar-refractivity contribution in [1.82, 2.24) is 30.4 Å². The SMILES string of the molecule is Cn1nnnc1SCC1CS[C@@H]2[C@H](NC(=O)[C@H](O)c3ccccc3)C(=O)N2C1C(=O)O. The van der Waals surface area contributed by atoms with Gasteiger partial charge in [-0.25, -0.2) is 9.48 Å². The van der Waals surface area contributed by atoms with E-state index in [4.69, 9.17) is 0 Å². The van der Waals surface area contributed by atoms with E-state index >= 15 is 0 Å². The molecule has 1 aromatic carbocycles. The molecular formula is C18H20N6O5S2. The molecule has 2 saturated heterocycles. The van der Waals surface area contributed by atoms with Crippen molar-refractivity contribution in [1.29, 1.82) is 0 Å². The zero-order valence-corrected chi connectivity index (χ0v) is 18.0. The number of β-lactam (4-membered cyclic amide) rings is 1. The number of hydrogen-bond acceptors (Lipinski definition) is 9. The molecule has 13 heteroatoms. The number of aliphatic hydroxyl groups is 1. The maximum Gasteiger partial charge on any atom is 0.326 e. The molecule has 0 spiro atoms. The van der Waals surface area contributed by atoms with Crippen LogP contribution in [0.15, 0.2) is 35.5 Å². The number of rotatable bonds is 7. The van der Waals surface area contributed by atoms with Crippen LogP contribution in [0.1, 0.15) is 11.7 Å². The van der Waals surface area contributed by atoms with Gasteiger partial charge in [0.05, 0.1) is 0 Å². The average Bonchev–Trinajstić information content (AvgIpc) is 3.19. The molecule has 3 N–H and O–H groups in total. The van der Waals surface area contributed by atoms with Crippen LogP contribution in [-0.2, 0) is 21.4 Å². The lowest BCUT2D eigenvalue weighted by Crippen LogP contribution is -2.76. The highest BCUT2D eigenvalue weighted by Gasteiger charge is 2.58. The molecule has 2 aliphatic heterocycles. The first-order valence-electron chi connectivity index (χ1n) is 9.43. The minimum Gasteiger partial charge on any atom is -0.480 e. The zero-order valence-electron chi connectivity index (χ0n) is 16.4. The Hall–Kier alpha value is -2.64. The molecule has 5 atom stereocenters. The van der Waals surface area contributed by atoms with Crippen molar-refractivity contribution >= 4 is 41.3 Å². The van der Waals surface area contributed by atoms with Crippen LogP contribution in [-0.4, -0.2) is 82.1 Å². The third-order valence-corrected chi connectivity index (χ3v) is 7.89. The number of aliphatic carboxylic acids is 1. The summed E-state index contributed by atoms with van der Waals surface area (Å²) in [5, 5.41) is 33.9. The van der Waals surface area contributed by atoms with Gasteiger partial charge in [0.15, 0.2) is 6.10 Å². The van der Waals surface area contributed by atoms with E-state index in [9.17, 15) is 24.6 Å². The number of nitrogens with zero attached hydrogens (tertiary/aromatic N) is 5. The Morgan fingerprint density at radius 3 is 2.74 bits per heavy atom. The molecule has 0 radical (unpaired) electrons. The van der Waals surface area contributed by atoms with Crippen LogP contribution in [0.25, 0.3) is 0 Å². The summed E-state index contributed by atoms with van der Waals surface area (Å²) in [6.45, 7) is 0. The van der Waals surface area contributed by atoms with E-state index < -0.39 is 41.3 Å². The van der Waals surface area contributed by atoms with Gasteiger partial charge in [0.2, 0.25) is 11.1 Å². The van der Waals surface area contributed by atoms with Crippen molar-refractivity contribution < 1.29 is 24.6 Å². The summed E-state index contributed by atoms with van der Waals surface area (Å²) < 4.78 is 1.50. The molecule has 3 heterocycles. The minimum absolute atomic E-state index is 0.309. The number of thioether (sulfide) groups is 2. The zero-order chi connectivity index (χ0) is 22.1. The second-order valence-electron chi connectivity index (χ2n) is 7.21. The predicted octanol–water partition coefficient (Wildman–Crippen LogP) is -0.495. The first kappa shape index (κ1) is 21.6. The van der Waals surface area contributed by atoms with Crippen molar-refractivity contribution in [3.05, 3.63) is 35.9 Å². The summed E-state index contributed by atoms with van der Waals surface area (Å²) >= 11 is 2.75. The van der Waals surface area contributed by atoms with Crippen LogP contribution in [0.2, 0.25) is 0 Å². The maximum absolute atomic E-state index is 12.7. The highest BCUT2D eigenvalue weighted by Crippen LogP contribution is 2.42. The van der Waals surface area contributed by atoms with Gasteiger partial charge in [0.1, 0.15) is 17.5 Å². The Morgan fingerprint density at radius 2 is 2.10 bits per heavy atom. The third kappa shape index (κ3) is 4.12. The second kappa shape index (κ2) is 8.85. The molecule has 0 aliphatic carbocycles. The van der Waals surface area contributed by atoms with Gasteiger partial charge in [-0.15, -0.1) is 16.9 Å². The second-order valence-corrected chi connectivity index (χ2v) is 9.34. The number of aliphatic hydroxyl groups excluding tert-OH is 1. The van der Waals surface area contributed by atoms with Crippen LogP contribution < -0.4 is 5.32 Å². The molecule has 1 aromatic heterocycles. The molecule has 0 bridgehead atoms. The van der Waals surface area contributed by atoms with Crippen molar-refractivity contribution in [2.24, 2.45) is 13.0 Å². The summed E-state index contributed by atoms with van der Waals surface area (Å²) in [7, 11) is 1.69. The molecule has 2 aliphatic rings. The predicted molar refractivity (Wildman–Crippen MR) is 111 cm³/mol. The Balaban J connectivity index is 1.41. The summed E-state index contributed by atoms with van der Waals surface area (Å²) in [6.07, 6.45) is -1.41. The first-order chi connectivity index (χ1) is 14.9. The fraction of sp³-hybridized carbons (Fsp3) is 0.444. The maximum atomic E-state index is 12.7. The smallest absolute Gasteiger partial charge is 0.326 e. The highest BCUT2D eigenvalue weighted by molar-refractivity contribution is 8.00. The number of amides is 2. The number of fused-ring (bicyclic) bond motifs is 1. The van der Waals surface area contributed by atoms with Gasteiger partial charge in [-0.05, 0) is 16.0 Å². The fourth-order valence-corrected chi connectivity index (χ4v) is 6.28. The summed E-state index contributed by atoms with van der Waals surface area (Å²) in [6, 6.07) is 6.53. The fourth-order valence-electron chi connectivity index (χ4n) is 3.64. The van der Waals surface area contributed by atoms with E-state index in [1.54, 1.807) is 37.4 Å². The van der Waals surface area contributed by atoms with E-state index in [0.29, 0.717) is 22.2 Å². The van der Waals surface area contributed by atoms with Crippen molar-refractivity contribution in [2.45, 2.75) is 28.7 Å². The Bertz CT molecular complexity index is 989. The van der Waals surface area contributed by atoms with E-state index in [1.165, 1.54) is 33.1 Å². The van der Waals surface area contributed by atoms with Gasteiger partial charge in [-0.3, -0.25) is 9.59 Å². The lowest BCUT2D eigenvalue weighted by molar-refractivity contribution is -0.165. The lowest BCUT2D eigenvalue weighted by atomic mass is 9.94. The molecule has 31 heavy (non-hydrogen) atoms. The highest BCUT2D eigenvalue weighted by atomic mass is 32.2. The summed E-state index contributed by atoms with van der Waals surface area (Å²) in [5.74, 6) is -1.63. The molecule has 0 saturated carbocycles. The molecule has 2 aromatic rings. The number of carbonyl (C=O) groups is 3. The molecule has 4 rings (SSSR count). The van der Waals surface area contributed by atoms with Crippen LogP contribution in [0.4, 0.5) is 0 Å². The van der Waals surface area contributed by atoms with Crippen LogP contribution in [0.5, 0.6) is 0 Å². The molecule has 2 amide bonds. The van der Waals surface area contributed by atoms with E-state index in [0.717, 1.165) is 0 Å². The Kier molecular flexibility index (Phi) is 6.16. The molecular weight excluding hydrogens is 444 g/mol. The van der Waals surface area contributed by atoms with E-state index in [-0.39, 0.29) is 5.92 Å². The van der Waals surface area contributed by atoms with Crippen LogP contribution in [0, 0.1) is 5.92 Å². The largest absolute Gasteiger partial charge is 0.480 e. The number of aromatic nitrogens is 4. The number of benzene rings is 1. The number of hydrogen-bond donors (Lipinski definition) is 3.